The number of benzene rings is 1. The fraction of sp³-hybridized carbons (Fsp3) is 0.476. The van der Waals surface area contributed by atoms with Gasteiger partial charge in [-0.05, 0) is 48.4 Å². The summed E-state index contributed by atoms with van der Waals surface area (Å²) >= 11 is 0. The Bertz CT molecular complexity index is 834. The highest BCUT2D eigenvalue weighted by Crippen LogP contribution is 2.34. The van der Waals surface area contributed by atoms with Crippen molar-refractivity contribution in [1.29, 1.82) is 0 Å². The molecule has 1 aromatic carbocycles. The molecule has 1 fully saturated rings. The minimum absolute atomic E-state index is 0.0411. The lowest BCUT2D eigenvalue weighted by Gasteiger charge is -2.42. The molecule has 7 heteroatoms. The largest absolute Gasteiger partial charge is 0.497 e. The summed E-state index contributed by atoms with van der Waals surface area (Å²) in [5, 5.41) is 0. The maximum absolute atomic E-state index is 13.3. The zero-order valence-corrected chi connectivity index (χ0v) is 16.3. The zero-order chi connectivity index (χ0) is 19.5. The van der Waals surface area contributed by atoms with Crippen molar-refractivity contribution >= 4 is 5.91 Å². The van der Waals surface area contributed by atoms with Crippen LogP contribution in [-0.2, 0) is 17.7 Å². The highest BCUT2D eigenvalue weighted by Gasteiger charge is 2.36. The number of ether oxygens (including phenoxy) is 3. The molecule has 1 unspecified atom stereocenters. The third-order valence-electron chi connectivity index (χ3n) is 5.71. The van der Waals surface area contributed by atoms with Crippen LogP contribution in [0, 0.1) is 5.92 Å². The molecular weight excluding hydrogens is 358 g/mol. The minimum Gasteiger partial charge on any atom is -0.497 e. The minimum atomic E-state index is -0.0411. The molecule has 7 nitrogen and oxygen atoms in total. The molecule has 4 rings (SSSR count). The maximum atomic E-state index is 13.3. The van der Waals surface area contributed by atoms with Gasteiger partial charge in [0.05, 0.1) is 19.8 Å². The van der Waals surface area contributed by atoms with Crippen LogP contribution in [0.1, 0.15) is 34.3 Å². The highest BCUT2D eigenvalue weighted by molar-refractivity contribution is 5.94. The highest BCUT2D eigenvalue weighted by atomic mass is 16.5. The lowest BCUT2D eigenvalue weighted by atomic mass is 9.82. The smallest absolute Gasteiger partial charge is 0.316 e. The van der Waals surface area contributed by atoms with Crippen molar-refractivity contribution in [2.75, 3.05) is 27.4 Å². The van der Waals surface area contributed by atoms with Gasteiger partial charge in [0.1, 0.15) is 5.75 Å². The van der Waals surface area contributed by atoms with E-state index in [0.29, 0.717) is 18.0 Å². The number of nitrogens with zero attached hydrogens (tertiary/aromatic N) is 3. The summed E-state index contributed by atoms with van der Waals surface area (Å²) in [5.74, 6) is 1.23. The second kappa shape index (κ2) is 8.14. The quantitative estimate of drug-likeness (QED) is 0.808. The van der Waals surface area contributed by atoms with Crippen LogP contribution in [0.15, 0.2) is 30.6 Å². The van der Waals surface area contributed by atoms with E-state index in [0.717, 1.165) is 43.8 Å². The lowest BCUT2D eigenvalue weighted by molar-refractivity contribution is 0.0179. The average molecular weight is 383 g/mol. The van der Waals surface area contributed by atoms with Gasteiger partial charge in [0.2, 0.25) is 0 Å². The lowest BCUT2D eigenvalue weighted by Crippen LogP contribution is -2.49. The number of hydrogen-bond acceptors (Lipinski definition) is 6. The third-order valence-corrected chi connectivity index (χ3v) is 5.71. The summed E-state index contributed by atoms with van der Waals surface area (Å²) in [6.45, 7) is 2.08. The van der Waals surface area contributed by atoms with Crippen molar-refractivity contribution in [2.24, 2.45) is 5.92 Å². The van der Waals surface area contributed by atoms with E-state index in [2.05, 4.69) is 22.1 Å². The Labute approximate surface area is 164 Å². The molecule has 2 aliphatic heterocycles. The van der Waals surface area contributed by atoms with Crippen molar-refractivity contribution in [3.05, 3.63) is 47.3 Å². The number of amides is 1. The SMILES string of the molecule is COc1ccc2c(c1)CC(C1CCOCC1)N(C(=O)c1cnc(OC)nc1)C2. The van der Waals surface area contributed by atoms with Gasteiger partial charge in [-0.2, -0.15) is 0 Å². The van der Waals surface area contributed by atoms with Gasteiger partial charge in [0.15, 0.2) is 0 Å². The van der Waals surface area contributed by atoms with E-state index in [1.54, 1.807) is 19.5 Å². The Morgan fingerprint density at radius 3 is 2.54 bits per heavy atom. The van der Waals surface area contributed by atoms with Crippen LogP contribution in [0.25, 0.3) is 0 Å². The monoisotopic (exact) mass is 383 g/mol. The molecule has 2 aliphatic rings. The molecule has 2 aromatic rings. The molecule has 1 saturated heterocycles. The van der Waals surface area contributed by atoms with E-state index in [-0.39, 0.29) is 18.0 Å². The first-order valence-corrected chi connectivity index (χ1v) is 9.60. The van der Waals surface area contributed by atoms with E-state index in [9.17, 15) is 4.79 Å². The molecule has 0 spiro atoms. The van der Waals surface area contributed by atoms with E-state index in [4.69, 9.17) is 14.2 Å². The number of rotatable bonds is 4. The standard InChI is InChI=1S/C21H25N3O4/c1-26-18-4-3-15-13-24(20(25)17-11-22-21(27-2)23-12-17)19(10-16(15)9-18)14-5-7-28-8-6-14/h3-4,9,11-12,14,19H,5-8,10,13H2,1-2H3. The van der Waals surface area contributed by atoms with Crippen molar-refractivity contribution in [3.63, 3.8) is 0 Å². The Morgan fingerprint density at radius 2 is 1.86 bits per heavy atom. The van der Waals surface area contributed by atoms with E-state index >= 15 is 0 Å². The Kier molecular flexibility index (Phi) is 5.43. The Hall–Kier alpha value is -2.67. The molecule has 1 amide bonds. The first-order valence-electron chi connectivity index (χ1n) is 9.60. The number of methoxy groups -OCH3 is 2. The molecule has 0 N–H and O–H groups in total. The number of carbonyl (C=O) groups excluding carboxylic acids is 1. The molecule has 0 radical (unpaired) electrons. The van der Waals surface area contributed by atoms with Crippen LogP contribution in [0.5, 0.6) is 11.8 Å². The third kappa shape index (κ3) is 3.67. The van der Waals surface area contributed by atoms with Crippen LogP contribution in [0.4, 0.5) is 0 Å². The van der Waals surface area contributed by atoms with Crippen LogP contribution in [0.2, 0.25) is 0 Å². The van der Waals surface area contributed by atoms with Gasteiger partial charge < -0.3 is 19.1 Å². The fourth-order valence-electron chi connectivity index (χ4n) is 4.15. The van der Waals surface area contributed by atoms with Crippen molar-refractivity contribution in [3.8, 4) is 11.8 Å². The van der Waals surface area contributed by atoms with Gasteiger partial charge in [-0.15, -0.1) is 0 Å². The first-order chi connectivity index (χ1) is 13.7. The summed E-state index contributed by atoms with van der Waals surface area (Å²) in [5.41, 5.74) is 2.90. The second-order valence-corrected chi connectivity index (χ2v) is 7.25. The number of hydrogen-bond donors (Lipinski definition) is 0. The number of fused-ring (bicyclic) bond motifs is 1. The zero-order valence-electron chi connectivity index (χ0n) is 16.3. The molecule has 1 aromatic heterocycles. The maximum Gasteiger partial charge on any atom is 0.316 e. The van der Waals surface area contributed by atoms with Crippen LogP contribution < -0.4 is 9.47 Å². The fourth-order valence-corrected chi connectivity index (χ4v) is 4.15. The van der Waals surface area contributed by atoms with Gasteiger partial charge >= 0.3 is 6.01 Å². The van der Waals surface area contributed by atoms with Crippen LogP contribution in [-0.4, -0.2) is 54.3 Å². The van der Waals surface area contributed by atoms with Gasteiger partial charge in [-0.3, -0.25) is 4.79 Å². The Morgan fingerprint density at radius 1 is 1.11 bits per heavy atom. The summed E-state index contributed by atoms with van der Waals surface area (Å²) in [7, 11) is 3.19. The van der Waals surface area contributed by atoms with Gasteiger partial charge in [-0.25, -0.2) is 9.97 Å². The van der Waals surface area contributed by atoms with Crippen molar-refractivity contribution in [1.82, 2.24) is 14.9 Å². The van der Waals surface area contributed by atoms with E-state index < -0.39 is 0 Å². The molecular formula is C21H25N3O4. The first kappa shape index (κ1) is 18.7. The topological polar surface area (TPSA) is 73.8 Å². The molecule has 3 heterocycles. The van der Waals surface area contributed by atoms with Crippen molar-refractivity contribution < 1.29 is 19.0 Å². The van der Waals surface area contributed by atoms with Gasteiger partial charge in [-0.1, -0.05) is 6.07 Å². The molecule has 1 atom stereocenters. The number of carbonyl (C=O) groups is 1. The Balaban J connectivity index is 1.65. The molecule has 0 aliphatic carbocycles. The second-order valence-electron chi connectivity index (χ2n) is 7.25. The molecule has 0 saturated carbocycles. The predicted octanol–water partition coefficient (Wildman–Crippen LogP) is 2.49. The van der Waals surface area contributed by atoms with E-state index in [1.165, 1.54) is 12.7 Å². The van der Waals surface area contributed by atoms with E-state index in [1.807, 2.05) is 11.0 Å². The van der Waals surface area contributed by atoms with Crippen LogP contribution in [0.3, 0.4) is 0 Å². The number of aromatic nitrogens is 2. The van der Waals surface area contributed by atoms with Gasteiger partial charge in [0, 0.05) is 38.2 Å². The summed E-state index contributed by atoms with van der Waals surface area (Å²) in [6, 6.07) is 6.48. The molecule has 0 bridgehead atoms. The summed E-state index contributed by atoms with van der Waals surface area (Å²) in [6.07, 6.45) is 5.83. The molecule has 148 valence electrons. The average Bonchev–Trinajstić information content (AvgIpc) is 2.78. The van der Waals surface area contributed by atoms with Gasteiger partial charge in [0.25, 0.3) is 5.91 Å². The predicted molar refractivity (Wildman–Crippen MR) is 102 cm³/mol. The van der Waals surface area contributed by atoms with Crippen molar-refractivity contribution in [2.45, 2.75) is 31.8 Å². The van der Waals surface area contributed by atoms with Crippen LogP contribution >= 0.6 is 0 Å². The summed E-state index contributed by atoms with van der Waals surface area (Å²) in [4.78, 5) is 23.5. The molecule has 28 heavy (non-hydrogen) atoms. The summed E-state index contributed by atoms with van der Waals surface area (Å²) < 4.78 is 15.9. The normalized spacial score (nSPS) is 19.8.